The topological polar surface area (TPSA) is 29.1 Å². The average molecular weight is 199 g/mol. The second-order valence-corrected chi connectivity index (χ2v) is 5.33. The van der Waals surface area contributed by atoms with Crippen LogP contribution in [0.25, 0.3) is 0 Å². The van der Waals surface area contributed by atoms with E-state index in [1.807, 2.05) is 11.8 Å². The lowest BCUT2D eigenvalue weighted by Gasteiger charge is -2.28. The largest absolute Gasteiger partial charge is 0.297 e. The van der Waals surface area contributed by atoms with Gasteiger partial charge in [0.1, 0.15) is 4.87 Å². The summed E-state index contributed by atoms with van der Waals surface area (Å²) in [7, 11) is 0. The van der Waals surface area contributed by atoms with Crippen LogP contribution < -0.4 is 5.32 Å². The molecule has 0 aromatic carbocycles. The highest BCUT2D eigenvalue weighted by molar-refractivity contribution is 8.01. The monoisotopic (exact) mass is 199 g/mol. The Morgan fingerprint density at radius 3 is 2.85 bits per heavy atom. The van der Waals surface area contributed by atoms with Gasteiger partial charge in [-0.05, 0) is 12.8 Å². The van der Waals surface area contributed by atoms with Gasteiger partial charge in [-0.3, -0.25) is 10.1 Å². The van der Waals surface area contributed by atoms with Gasteiger partial charge in [0, 0.05) is 18.7 Å². The molecular formula is C10H17NOS. The molecule has 0 amide bonds. The van der Waals surface area contributed by atoms with Crippen molar-refractivity contribution in [3.05, 3.63) is 0 Å². The third-order valence-electron chi connectivity index (χ3n) is 2.99. The Kier molecular flexibility index (Phi) is 2.94. The molecule has 2 aliphatic rings. The van der Waals surface area contributed by atoms with E-state index in [0.29, 0.717) is 5.78 Å². The van der Waals surface area contributed by atoms with E-state index in [9.17, 15) is 4.79 Å². The first kappa shape index (κ1) is 9.53. The lowest BCUT2D eigenvalue weighted by Crippen LogP contribution is -2.45. The first-order valence-electron chi connectivity index (χ1n) is 5.26. The molecule has 2 nitrogen and oxygen atoms in total. The number of rotatable bonds is 0. The van der Waals surface area contributed by atoms with E-state index in [-0.39, 0.29) is 4.87 Å². The molecule has 2 fully saturated rings. The van der Waals surface area contributed by atoms with E-state index in [0.717, 1.165) is 31.6 Å². The summed E-state index contributed by atoms with van der Waals surface area (Å²) in [5.74, 6) is 1.56. The third kappa shape index (κ3) is 1.91. The lowest BCUT2D eigenvalue weighted by molar-refractivity contribution is -0.122. The van der Waals surface area contributed by atoms with Crippen LogP contribution in [0, 0.1) is 0 Å². The van der Waals surface area contributed by atoms with E-state index in [4.69, 9.17) is 0 Å². The van der Waals surface area contributed by atoms with Gasteiger partial charge in [0.05, 0.1) is 0 Å². The zero-order valence-electron chi connectivity index (χ0n) is 7.97. The Labute approximate surface area is 83.8 Å². The first-order chi connectivity index (χ1) is 6.33. The molecule has 0 radical (unpaired) electrons. The van der Waals surface area contributed by atoms with Crippen LogP contribution in [-0.2, 0) is 4.79 Å². The number of carbonyl (C=O) groups excluding carboxylic acids is 1. The smallest absolute Gasteiger partial charge is 0.163 e. The van der Waals surface area contributed by atoms with Crippen molar-refractivity contribution in [2.75, 3.05) is 12.3 Å². The molecule has 1 heterocycles. The zero-order chi connectivity index (χ0) is 9.15. The number of thioether (sulfide) groups is 1. The van der Waals surface area contributed by atoms with Gasteiger partial charge in [-0.25, -0.2) is 0 Å². The van der Waals surface area contributed by atoms with Gasteiger partial charge < -0.3 is 0 Å². The van der Waals surface area contributed by atoms with Gasteiger partial charge in [0.15, 0.2) is 5.78 Å². The molecule has 13 heavy (non-hydrogen) atoms. The SMILES string of the molecule is O=C1CCCCCCC12NCCS2. The number of nitrogens with one attached hydrogen (secondary N) is 1. The van der Waals surface area contributed by atoms with E-state index in [1.54, 1.807) is 0 Å². The highest BCUT2D eigenvalue weighted by Gasteiger charge is 2.40. The number of hydrogen-bond donors (Lipinski definition) is 1. The van der Waals surface area contributed by atoms with Gasteiger partial charge in [0.2, 0.25) is 0 Å². The van der Waals surface area contributed by atoms with Crippen LogP contribution in [0.3, 0.4) is 0 Å². The van der Waals surface area contributed by atoms with Crippen molar-refractivity contribution in [1.82, 2.24) is 5.32 Å². The first-order valence-corrected chi connectivity index (χ1v) is 6.24. The van der Waals surface area contributed by atoms with Crippen LogP contribution in [0.5, 0.6) is 0 Å². The van der Waals surface area contributed by atoms with E-state index >= 15 is 0 Å². The minimum Gasteiger partial charge on any atom is -0.297 e. The van der Waals surface area contributed by atoms with Gasteiger partial charge in [-0.1, -0.05) is 19.3 Å². The fourth-order valence-electron chi connectivity index (χ4n) is 2.22. The minimum atomic E-state index is -0.166. The van der Waals surface area contributed by atoms with Gasteiger partial charge in [-0.2, -0.15) is 0 Å². The highest BCUT2D eigenvalue weighted by atomic mass is 32.2. The summed E-state index contributed by atoms with van der Waals surface area (Å²) in [5, 5.41) is 3.40. The van der Waals surface area contributed by atoms with Crippen molar-refractivity contribution >= 4 is 17.5 Å². The lowest BCUT2D eigenvalue weighted by atomic mass is 9.95. The molecule has 1 aliphatic heterocycles. The molecule has 1 saturated carbocycles. The Bertz CT molecular complexity index is 199. The molecule has 3 heteroatoms. The summed E-state index contributed by atoms with van der Waals surface area (Å²) in [5.41, 5.74) is 0. The Hall–Kier alpha value is -0.0200. The Morgan fingerprint density at radius 1 is 1.23 bits per heavy atom. The molecule has 1 atom stereocenters. The van der Waals surface area contributed by atoms with Gasteiger partial charge in [0.25, 0.3) is 0 Å². The molecule has 1 unspecified atom stereocenters. The van der Waals surface area contributed by atoms with Gasteiger partial charge >= 0.3 is 0 Å². The summed E-state index contributed by atoms with van der Waals surface area (Å²) in [4.78, 5) is 11.7. The number of ketones is 1. The summed E-state index contributed by atoms with van der Waals surface area (Å²) in [6, 6.07) is 0. The number of carbonyl (C=O) groups is 1. The molecule has 74 valence electrons. The average Bonchev–Trinajstić information content (AvgIpc) is 2.58. The predicted octanol–water partition coefficient (Wildman–Crippen LogP) is 1.94. The van der Waals surface area contributed by atoms with Crippen LogP contribution in [0.15, 0.2) is 0 Å². The van der Waals surface area contributed by atoms with Crippen LogP contribution >= 0.6 is 11.8 Å². The summed E-state index contributed by atoms with van der Waals surface area (Å²) >= 11 is 1.84. The van der Waals surface area contributed by atoms with Crippen LogP contribution in [-0.4, -0.2) is 23.0 Å². The van der Waals surface area contributed by atoms with E-state index in [1.165, 1.54) is 19.3 Å². The zero-order valence-corrected chi connectivity index (χ0v) is 8.79. The summed E-state index contributed by atoms with van der Waals surface area (Å²) in [6.45, 7) is 1.01. The second-order valence-electron chi connectivity index (χ2n) is 3.94. The Balaban J connectivity index is 2.07. The molecule has 0 bridgehead atoms. The molecular weight excluding hydrogens is 182 g/mol. The van der Waals surface area contributed by atoms with Crippen molar-refractivity contribution in [2.24, 2.45) is 0 Å². The maximum atomic E-state index is 11.9. The summed E-state index contributed by atoms with van der Waals surface area (Å²) < 4.78 is 0. The van der Waals surface area contributed by atoms with E-state index in [2.05, 4.69) is 5.32 Å². The maximum absolute atomic E-state index is 11.9. The Morgan fingerprint density at radius 2 is 2.08 bits per heavy atom. The third-order valence-corrected chi connectivity index (χ3v) is 4.47. The molecule has 1 aliphatic carbocycles. The standard InChI is InChI=1S/C10H17NOS/c12-9-5-3-1-2-4-6-10(9)11-7-8-13-10/h11H,1-8H2. The number of hydrogen-bond acceptors (Lipinski definition) is 3. The van der Waals surface area contributed by atoms with Crippen molar-refractivity contribution in [3.63, 3.8) is 0 Å². The van der Waals surface area contributed by atoms with Crippen molar-refractivity contribution < 1.29 is 4.79 Å². The van der Waals surface area contributed by atoms with Crippen LogP contribution in [0.4, 0.5) is 0 Å². The summed E-state index contributed by atoms with van der Waals surface area (Å²) in [6.07, 6.45) is 6.70. The molecule has 0 aromatic rings. The fraction of sp³-hybridized carbons (Fsp3) is 0.900. The van der Waals surface area contributed by atoms with E-state index < -0.39 is 0 Å². The predicted molar refractivity (Wildman–Crippen MR) is 55.9 cm³/mol. The fourth-order valence-corrected chi connectivity index (χ4v) is 3.53. The molecule has 1 spiro atoms. The molecule has 0 aromatic heterocycles. The highest BCUT2D eigenvalue weighted by Crippen LogP contribution is 2.36. The van der Waals surface area contributed by atoms with Crippen LogP contribution in [0.2, 0.25) is 0 Å². The molecule has 2 rings (SSSR count). The quantitative estimate of drug-likeness (QED) is 0.646. The van der Waals surface area contributed by atoms with Crippen molar-refractivity contribution in [1.29, 1.82) is 0 Å². The molecule has 1 N–H and O–H groups in total. The van der Waals surface area contributed by atoms with Crippen molar-refractivity contribution in [3.8, 4) is 0 Å². The van der Waals surface area contributed by atoms with Crippen molar-refractivity contribution in [2.45, 2.75) is 43.4 Å². The van der Waals surface area contributed by atoms with Crippen LogP contribution in [0.1, 0.15) is 38.5 Å². The number of Topliss-reactive ketones (excluding diaryl/α,β-unsaturated/α-hetero) is 1. The van der Waals surface area contributed by atoms with Gasteiger partial charge in [-0.15, -0.1) is 11.8 Å². The minimum absolute atomic E-state index is 0.166. The normalized spacial score (nSPS) is 36.2. The second kappa shape index (κ2) is 4.01. The maximum Gasteiger partial charge on any atom is 0.163 e. The molecule has 1 saturated heterocycles.